The van der Waals surface area contributed by atoms with Crippen molar-refractivity contribution >= 4 is 27.6 Å². The molecule has 0 fully saturated rings. The maximum atomic E-state index is 6.14. The summed E-state index contributed by atoms with van der Waals surface area (Å²) in [5, 5.41) is 0. The van der Waals surface area contributed by atoms with E-state index in [4.69, 9.17) is 4.74 Å². The number of hydrogen-bond acceptors (Lipinski definition) is 1. The van der Waals surface area contributed by atoms with Crippen LogP contribution in [-0.4, -0.2) is 0 Å². The zero-order valence-electron chi connectivity index (χ0n) is 21.0. The normalized spacial score (nSPS) is 16.6. The summed E-state index contributed by atoms with van der Waals surface area (Å²) in [6, 6.07) is 34.2. The largest absolute Gasteiger partial charge is 0.489 e. The molecule has 1 aliphatic carbocycles. The molecule has 0 saturated carbocycles. The van der Waals surface area contributed by atoms with E-state index < -0.39 is 5.41 Å². The summed E-state index contributed by atoms with van der Waals surface area (Å²) < 4.78 is 7.21. The van der Waals surface area contributed by atoms with Crippen LogP contribution in [0, 0.1) is 0 Å². The highest BCUT2D eigenvalue weighted by molar-refractivity contribution is 9.10. The van der Waals surface area contributed by atoms with Gasteiger partial charge in [-0.2, -0.15) is 0 Å². The van der Waals surface area contributed by atoms with Crippen molar-refractivity contribution in [3.63, 3.8) is 0 Å². The number of ether oxygens (including phenoxy) is 1. The predicted octanol–water partition coefficient (Wildman–Crippen LogP) is 9.53. The first-order chi connectivity index (χ1) is 18.1. The Bertz CT molecular complexity index is 1490. The van der Waals surface area contributed by atoms with Crippen LogP contribution in [0.3, 0.4) is 0 Å². The van der Waals surface area contributed by atoms with Gasteiger partial charge in [0.05, 0.1) is 5.41 Å². The second-order valence-corrected chi connectivity index (χ2v) is 10.1. The minimum atomic E-state index is -0.416. The molecule has 1 nitrogen and oxygen atoms in total. The molecule has 0 N–H and O–H groups in total. The number of allylic oxidation sites excluding steroid dienone is 5. The van der Waals surface area contributed by atoms with Crippen molar-refractivity contribution < 1.29 is 4.74 Å². The number of hydrogen-bond donors (Lipinski definition) is 0. The van der Waals surface area contributed by atoms with Gasteiger partial charge in [0.25, 0.3) is 0 Å². The third-order valence-corrected chi connectivity index (χ3v) is 7.65. The number of rotatable bonds is 8. The smallest absolute Gasteiger partial charge is 0.119 e. The van der Waals surface area contributed by atoms with E-state index >= 15 is 0 Å². The first-order valence-corrected chi connectivity index (χ1v) is 13.2. The minimum absolute atomic E-state index is 0.416. The predicted molar refractivity (Wildman–Crippen MR) is 160 cm³/mol. The summed E-state index contributed by atoms with van der Waals surface area (Å²) in [6.07, 6.45) is 7.87. The first kappa shape index (κ1) is 24.8. The van der Waals surface area contributed by atoms with Gasteiger partial charge in [0.2, 0.25) is 0 Å². The average Bonchev–Trinajstić information content (AvgIpc) is 3.19. The van der Waals surface area contributed by atoms with Crippen LogP contribution in [-0.2, 0) is 12.0 Å². The molecule has 1 unspecified atom stereocenters. The molecule has 0 heterocycles. The van der Waals surface area contributed by atoms with E-state index in [1.165, 1.54) is 33.4 Å². The van der Waals surface area contributed by atoms with Crippen LogP contribution in [0.5, 0.6) is 5.75 Å². The van der Waals surface area contributed by atoms with Gasteiger partial charge in [0.15, 0.2) is 0 Å². The van der Waals surface area contributed by atoms with E-state index in [1.807, 2.05) is 18.2 Å². The lowest BCUT2D eigenvalue weighted by atomic mass is 9.67. The van der Waals surface area contributed by atoms with Gasteiger partial charge in [-0.3, -0.25) is 0 Å². The fourth-order valence-corrected chi connectivity index (χ4v) is 5.72. The number of fused-ring (bicyclic) bond motifs is 1. The summed E-state index contributed by atoms with van der Waals surface area (Å²) in [4.78, 5) is 0. The van der Waals surface area contributed by atoms with E-state index in [2.05, 4.69) is 139 Å². The van der Waals surface area contributed by atoms with Gasteiger partial charge in [-0.05, 0) is 75.7 Å². The number of halogens is 1. The van der Waals surface area contributed by atoms with Gasteiger partial charge in [-0.15, -0.1) is 0 Å². The molecule has 5 rings (SSSR count). The average molecular weight is 546 g/mol. The molecule has 0 aromatic heterocycles. The quantitative estimate of drug-likeness (QED) is 0.200. The molecule has 0 aliphatic heterocycles. The Labute approximate surface area is 228 Å². The van der Waals surface area contributed by atoms with Gasteiger partial charge in [0.1, 0.15) is 12.4 Å². The molecule has 1 atom stereocenters. The molecule has 0 radical (unpaired) electrons. The van der Waals surface area contributed by atoms with Gasteiger partial charge >= 0.3 is 0 Å². The van der Waals surface area contributed by atoms with Gasteiger partial charge in [0, 0.05) is 4.47 Å². The van der Waals surface area contributed by atoms with Gasteiger partial charge in [-0.25, -0.2) is 0 Å². The maximum absolute atomic E-state index is 6.14. The Balaban J connectivity index is 1.59. The Morgan fingerprint density at radius 2 is 1.54 bits per heavy atom. The van der Waals surface area contributed by atoms with E-state index in [-0.39, 0.29) is 0 Å². The second-order valence-electron chi connectivity index (χ2n) is 9.20. The number of benzene rings is 4. The van der Waals surface area contributed by atoms with Crippen molar-refractivity contribution in [3.8, 4) is 5.75 Å². The van der Waals surface area contributed by atoms with Crippen molar-refractivity contribution in [2.24, 2.45) is 0 Å². The molecule has 0 bridgehead atoms. The van der Waals surface area contributed by atoms with Crippen LogP contribution < -0.4 is 4.74 Å². The summed E-state index contributed by atoms with van der Waals surface area (Å²) >= 11 is 3.74. The maximum Gasteiger partial charge on any atom is 0.119 e. The molecule has 4 aromatic carbocycles. The lowest BCUT2D eigenvalue weighted by Crippen LogP contribution is -2.29. The van der Waals surface area contributed by atoms with Gasteiger partial charge in [-0.1, -0.05) is 126 Å². The van der Waals surface area contributed by atoms with Crippen LogP contribution in [0.2, 0.25) is 0 Å². The third kappa shape index (κ3) is 4.54. The highest BCUT2D eigenvalue weighted by Gasteiger charge is 2.45. The molecule has 4 aromatic rings. The highest BCUT2D eigenvalue weighted by atomic mass is 79.9. The van der Waals surface area contributed by atoms with Crippen molar-refractivity contribution in [3.05, 3.63) is 172 Å². The van der Waals surface area contributed by atoms with E-state index in [9.17, 15) is 0 Å². The molecule has 1 aliphatic rings. The van der Waals surface area contributed by atoms with Crippen LogP contribution >= 0.6 is 15.9 Å². The topological polar surface area (TPSA) is 9.23 Å². The highest BCUT2D eigenvalue weighted by Crippen LogP contribution is 2.55. The zero-order chi connectivity index (χ0) is 25.8. The standard InChI is InChI=1S/C35H29BrO/c1-4-6-12-32-25(3)35(28-10-8-7-9-11-28,34-23-30(36)19-22-33(32)34)29-17-20-31(21-18-29)37-24-27-15-13-26(5-2)14-16-27/h4-23H,1-2,24H2,3H3/b12-6-. The summed E-state index contributed by atoms with van der Waals surface area (Å²) in [5.74, 6) is 0.848. The molecule has 182 valence electrons. The molecule has 0 saturated heterocycles. The Morgan fingerprint density at radius 1 is 0.838 bits per heavy atom. The van der Waals surface area contributed by atoms with Crippen molar-refractivity contribution in [1.29, 1.82) is 0 Å². The molecular weight excluding hydrogens is 516 g/mol. The van der Waals surface area contributed by atoms with E-state index in [0.29, 0.717) is 6.61 Å². The fourth-order valence-electron chi connectivity index (χ4n) is 5.36. The molecule has 2 heteroatoms. The second kappa shape index (κ2) is 10.6. The lowest BCUT2D eigenvalue weighted by Gasteiger charge is -2.34. The molecule has 0 amide bonds. The summed E-state index contributed by atoms with van der Waals surface area (Å²) in [6.45, 7) is 10.5. The van der Waals surface area contributed by atoms with Crippen molar-refractivity contribution in [2.75, 3.05) is 0 Å². The van der Waals surface area contributed by atoms with Crippen molar-refractivity contribution in [2.45, 2.75) is 18.9 Å². The van der Waals surface area contributed by atoms with E-state index in [1.54, 1.807) is 0 Å². The van der Waals surface area contributed by atoms with Crippen molar-refractivity contribution in [1.82, 2.24) is 0 Å². The van der Waals surface area contributed by atoms with Crippen LogP contribution in [0.1, 0.15) is 40.3 Å². The van der Waals surface area contributed by atoms with E-state index in [0.717, 1.165) is 21.3 Å². The molecule has 37 heavy (non-hydrogen) atoms. The lowest BCUT2D eigenvalue weighted by molar-refractivity contribution is 0.306. The Hall–Kier alpha value is -3.88. The summed E-state index contributed by atoms with van der Waals surface area (Å²) in [7, 11) is 0. The monoisotopic (exact) mass is 544 g/mol. The minimum Gasteiger partial charge on any atom is -0.489 e. The first-order valence-electron chi connectivity index (χ1n) is 12.4. The van der Waals surface area contributed by atoms with Crippen LogP contribution in [0.15, 0.2) is 138 Å². The molecular formula is C35H29BrO. The zero-order valence-corrected chi connectivity index (χ0v) is 22.5. The molecule has 0 spiro atoms. The SMILES string of the molecule is C=C/C=C\C1=C(C)C(c2ccccc2)(c2ccc(OCc3ccc(C=C)cc3)cc2)c2cc(Br)ccc21. The fraction of sp³-hybridized carbons (Fsp3) is 0.0857. The van der Waals surface area contributed by atoms with Gasteiger partial charge < -0.3 is 4.74 Å². The van der Waals surface area contributed by atoms with Crippen LogP contribution in [0.25, 0.3) is 11.6 Å². The third-order valence-electron chi connectivity index (χ3n) is 7.16. The summed E-state index contributed by atoms with van der Waals surface area (Å²) in [5.41, 5.74) is 9.30. The Morgan fingerprint density at radius 3 is 2.22 bits per heavy atom. The Kier molecular flexibility index (Phi) is 7.12. The van der Waals surface area contributed by atoms with Crippen LogP contribution in [0.4, 0.5) is 0 Å².